The first-order valence-electron chi connectivity index (χ1n) is 9.33. The molecule has 6 nitrogen and oxygen atoms in total. The molecule has 2 rings (SSSR count). The molecule has 152 valence electrons. The van der Waals surface area contributed by atoms with Gasteiger partial charge in [-0.2, -0.15) is 0 Å². The number of esters is 1. The van der Waals surface area contributed by atoms with E-state index in [-0.39, 0.29) is 18.9 Å². The summed E-state index contributed by atoms with van der Waals surface area (Å²) in [5.41, 5.74) is -0.207. The van der Waals surface area contributed by atoms with Gasteiger partial charge >= 0.3 is 5.97 Å². The number of nitrogens with one attached hydrogen (secondary N) is 1. The van der Waals surface area contributed by atoms with Gasteiger partial charge in [-0.3, -0.25) is 14.4 Å². The molecule has 0 unspecified atom stereocenters. The zero-order valence-electron chi connectivity index (χ0n) is 16.5. The average molecular weight is 390 g/mol. The average Bonchev–Trinajstić information content (AvgIpc) is 3.11. The topological polar surface area (TPSA) is 75.7 Å². The van der Waals surface area contributed by atoms with Gasteiger partial charge in [0.05, 0.1) is 6.42 Å². The van der Waals surface area contributed by atoms with Gasteiger partial charge in [0.2, 0.25) is 5.91 Å². The Morgan fingerprint density at radius 1 is 1.21 bits per heavy atom. The third-order valence-electron chi connectivity index (χ3n) is 4.44. The minimum absolute atomic E-state index is 0.169. The molecule has 0 saturated heterocycles. The molecule has 2 amide bonds. The summed E-state index contributed by atoms with van der Waals surface area (Å²) in [5, 5.41) is 2.62. The molecule has 1 aliphatic rings. The highest BCUT2D eigenvalue weighted by Crippen LogP contribution is 2.21. The van der Waals surface area contributed by atoms with E-state index in [9.17, 15) is 18.8 Å². The second kappa shape index (κ2) is 9.48. The molecule has 0 radical (unpaired) electrons. The number of amides is 2. The molecule has 0 saturated carbocycles. The highest BCUT2D eigenvalue weighted by molar-refractivity contribution is 5.95. The number of halogens is 1. The highest BCUT2D eigenvalue weighted by atomic mass is 19.1. The molecule has 1 aliphatic carbocycles. The molecule has 1 aromatic rings. The predicted molar refractivity (Wildman–Crippen MR) is 104 cm³/mol. The first-order chi connectivity index (χ1) is 13.1. The summed E-state index contributed by atoms with van der Waals surface area (Å²) in [7, 11) is 0. The van der Waals surface area contributed by atoms with E-state index in [0.29, 0.717) is 5.69 Å². The largest absolute Gasteiger partial charge is 0.456 e. The Hall–Kier alpha value is -2.70. The second-order valence-corrected chi connectivity index (χ2v) is 7.84. The fourth-order valence-corrected chi connectivity index (χ4v) is 2.94. The van der Waals surface area contributed by atoms with Crippen LogP contribution in [0, 0.1) is 11.7 Å². The number of rotatable bonds is 7. The van der Waals surface area contributed by atoms with E-state index in [4.69, 9.17) is 4.74 Å². The van der Waals surface area contributed by atoms with Crippen molar-refractivity contribution in [1.29, 1.82) is 0 Å². The van der Waals surface area contributed by atoms with Crippen molar-refractivity contribution in [2.24, 2.45) is 5.92 Å². The van der Waals surface area contributed by atoms with Gasteiger partial charge in [-0.15, -0.1) is 0 Å². The number of carbonyl (C=O) groups excluding carboxylic acids is 3. The van der Waals surface area contributed by atoms with E-state index in [0.717, 1.165) is 12.8 Å². The summed E-state index contributed by atoms with van der Waals surface area (Å²) in [6, 6.07) is 5.36. The molecule has 0 heterocycles. The first kappa shape index (κ1) is 21.6. The molecule has 0 bridgehead atoms. The molecule has 0 aromatic heterocycles. The lowest BCUT2D eigenvalue weighted by Crippen LogP contribution is -2.50. The zero-order chi connectivity index (χ0) is 20.7. The molecule has 1 N–H and O–H groups in total. The van der Waals surface area contributed by atoms with Gasteiger partial charge in [0.25, 0.3) is 5.91 Å². The van der Waals surface area contributed by atoms with Gasteiger partial charge in [0.15, 0.2) is 6.61 Å². The molecular formula is C21H27FN2O4. The van der Waals surface area contributed by atoms with E-state index < -0.39 is 35.7 Å². The van der Waals surface area contributed by atoms with Crippen LogP contribution < -0.4 is 5.32 Å². The van der Waals surface area contributed by atoms with E-state index in [1.165, 1.54) is 29.2 Å². The lowest BCUT2D eigenvalue weighted by Gasteiger charge is -2.35. The number of anilines is 1. The standard InChI is InChI=1S/C21H27FN2O4/c1-21(2,3)24(13-18(25)23-17-10-8-16(22)9-11-17)19(26)14-28-20(27)12-15-6-4-5-7-15/h4,6,8-11,15H,5,7,12-14H2,1-3H3,(H,23,25)/t15-/m0/s1. The number of ether oxygens (including phenoxy) is 1. The van der Waals surface area contributed by atoms with Crippen molar-refractivity contribution in [3.63, 3.8) is 0 Å². The lowest BCUT2D eigenvalue weighted by atomic mass is 10.1. The fraction of sp³-hybridized carbons (Fsp3) is 0.476. The SMILES string of the molecule is CC(C)(C)N(CC(=O)Nc1ccc(F)cc1)C(=O)COC(=O)C[C@H]1C=CCC1. The third-order valence-corrected chi connectivity index (χ3v) is 4.44. The molecule has 1 aromatic carbocycles. The maximum absolute atomic E-state index is 13.0. The van der Waals surface area contributed by atoms with Gasteiger partial charge in [0, 0.05) is 11.2 Å². The van der Waals surface area contributed by atoms with Gasteiger partial charge in [-0.05, 0) is 63.8 Å². The summed E-state index contributed by atoms with van der Waals surface area (Å²) in [6.45, 7) is 4.77. The number of benzene rings is 1. The van der Waals surface area contributed by atoms with Crippen molar-refractivity contribution in [3.05, 3.63) is 42.2 Å². The van der Waals surface area contributed by atoms with Crippen molar-refractivity contribution in [1.82, 2.24) is 4.90 Å². The van der Waals surface area contributed by atoms with Crippen molar-refractivity contribution >= 4 is 23.5 Å². The van der Waals surface area contributed by atoms with Crippen LogP contribution in [-0.2, 0) is 19.1 Å². The van der Waals surface area contributed by atoms with Crippen molar-refractivity contribution in [3.8, 4) is 0 Å². The maximum atomic E-state index is 13.0. The highest BCUT2D eigenvalue weighted by Gasteiger charge is 2.29. The minimum atomic E-state index is -0.641. The third kappa shape index (κ3) is 6.79. The monoisotopic (exact) mass is 390 g/mol. The van der Waals surface area contributed by atoms with Crippen LogP contribution in [0.2, 0.25) is 0 Å². The summed E-state index contributed by atoms with van der Waals surface area (Å²) in [6.07, 6.45) is 6.15. The summed E-state index contributed by atoms with van der Waals surface area (Å²) < 4.78 is 18.1. The Labute approximate surface area is 164 Å². The molecule has 0 aliphatic heterocycles. The van der Waals surface area contributed by atoms with Crippen LogP contribution in [-0.4, -0.2) is 41.4 Å². The van der Waals surface area contributed by atoms with Crippen molar-refractivity contribution in [2.45, 2.75) is 45.6 Å². The molecule has 1 atom stereocenters. The van der Waals surface area contributed by atoms with Crippen LogP contribution in [0.4, 0.5) is 10.1 Å². The van der Waals surface area contributed by atoms with Crippen LogP contribution in [0.1, 0.15) is 40.0 Å². The summed E-state index contributed by atoms with van der Waals surface area (Å²) in [4.78, 5) is 38.2. The van der Waals surface area contributed by atoms with Gasteiger partial charge < -0.3 is 15.0 Å². The van der Waals surface area contributed by atoms with Crippen LogP contribution in [0.3, 0.4) is 0 Å². The van der Waals surface area contributed by atoms with E-state index in [1.54, 1.807) is 20.8 Å². The second-order valence-electron chi connectivity index (χ2n) is 7.84. The van der Waals surface area contributed by atoms with Crippen LogP contribution in [0.25, 0.3) is 0 Å². The zero-order valence-corrected chi connectivity index (χ0v) is 16.5. The lowest BCUT2D eigenvalue weighted by molar-refractivity contribution is -0.155. The number of hydrogen-bond donors (Lipinski definition) is 1. The predicted octanol–water partition coefficient (Wildman–Crippen LogP) is 3.29. The quantitative estimate of drug-likeness (QED) is 0.573. The number of allylic oxidation sites excluding steroid dienone is 2. The smallest absolute Gasteiger partial charge is 0.306 e. The fourth-order valence-electron chi connectivity index (χ4n) is 2.94. The Balaban J connectivity index is 1.89. The van der Waals surface area contributed by atoms with Crippen molar-refractivity contribution in [2.75, 3.05) is 18.5 Å². The van der Waals surface area contributed by atoms with Crippen LogP contribution in [0.5, 0.6) is 0 Å². The van der Waals surface area contributed by atoms with Crippen LogP contribution >= 0.6 is 0 Å². The number of nitrogens with zero attached hydrogens (tertiary/aromatic N) is 1. The normalized spacial score (nSPS) is 15.9. The minimum Gasteiger partial charge on any atom is -0.456 e. The molecule has 0 spiro atoms. The van der Waals surface area contributed by atoms with Gasteiger partial charge in [-0.1, -0.05) is 12.2 Å². The van der Waals surface area contributed by atoms with E-state index >= 15 is 0 Å². The molecular weight excluding hydrogens is 363 g/mol. The molecule has 7 heteroatoms. The van der Waals surface area contributed by atoms with Crippen LogP contribution in [0.15, 0.2) is 36.4 Å². The number of hydrogen-bond acceptors (Lipinski definition) is 4. The van der Waals surface area contributed by atoms with Gasteiger partial charge in [0.1, 0.15) is 12.4 Å². The summed E-state index contributed by atoms with van der Waals surface area (Å²) >= 11 is 0. The first-order valence-corrected chi connectivity index (χ1v) is 9.33. The Morgan fingerprint density at radius 2 is 1.89 bits per heavy atom. The maximum Gasteiger partial charge on any atom is 0.306 e. The summed E-state index contributed by atoms with van der Waals surface area (Å²) in [5.74, 6) is -1.52. The van der Waals surface area contributed by atoms with Crippen molar-refractivity contribution < 1.29 is 23.5 Å². The van der Waals surface area contributed by atoms with Gasteiger partial charge in [-0.25, -0.2) is 4.39 Å². The molecule has 28 heavy (non-hydrogen) atoms. The Morgan fingerprint density at radius 3 is 2.46 bits per heavy atom. The molecule has 0 fully saturated rings. The Bertz CT molecular complexity index is 738. The Kier molecular flexibility index (Phi) is 7.31. The van der Waals surface area contributed by atoms with E-state index in [2.05, 4.69) is 5.32 Å². The van der Waals surface area contributed by atoms with E-state index in [1.807, 2.05) is 12.2 Å². The number of carbonyl (C=O) groups is 3.